The minimum Gasteiger partial charge on any atom is -0.455 e. The number of benzene rings is 5. The fourth-order valence-electron chi connectivity index (χ4n) is 4.29. The zero-order chi connectivity index (χ0) is 20.8. The quantitative estimate of drug-likeness (QED) is 0.284. The lowest BCUT2D eigenvalue weighted by molar-refractivity contribution is 0.673. The molecule has 0 spiro atoms. The van der Waals surface area contributed by atoms with E-state index in [0.717, 1.165) is 49.8 Å². The fraction of sp³-hybridized carbons (Fsp3) is 0. The minimum atomic E-state index is 0.711. The second kappa shape index (κ2) is 7.19. The van der Waals surface area contributed by atoms with Gasteiger partial charge in [-0.05, 0) is 47.9 Å². The van der Waals surface area contributed by atoms with E-state index < -0.39 is 0 Å². The van der Waals surface area contributed by atoms with Crippen LogP contribution in [0.25, 0.3) is 32.7 Å². The molecule has 3 heteroatoms. The maximum atomic E-state index is 6.68. The van der Waals surface area contributed by atoms with Crippen molar-refractivity contribution in [1.82, 2.24) is 0 Å². The molecule has 1 heterocycles. The van der Waals surface area contributed by atoms with Gasteiger partial charge in [-0.3, -0.25) is 0 Å². The molecular formula is C28H18ClNO. The van der Waals surface area contributed by atoms with Crippen molar-refractivity contribution in [3.05, 3.63) is 114 Å². The Morgan fingerprint density at radius 3 is 1.94 bits per heavy atom. The molecule has 148 valence electrons. The molecule has 1 aromatic heterocycles. The predicted octanol–water partition coefficient (Wildman–Crippen LogP) is 8.86. The van der Waals surface area contributed by atoms with E-state index in [1.807, 2.05) is 30.3 Å². The molecule has 0 amide bonds. The molecule has 2 nitrogen and oxygen atoms in total. The lowest BCUT2D eigenvalue weighted by Crippen LogP contribution is -2.09. The average Bonchev–Trinajstić information content (AvgIpc) is 3.21. The van der Waals surface area contributed by atoms with Gasteiger partial charge in [0.25, 0.3) is 0 Å². The van der Waals surface area contributed by atoms with Gasteiger partial charge in [0.1, 0.15) is 11.2 Å². The lowest BCUT2D eigenvalue weighted by Gasteiger charge is -2.25. The number of anilines is 3. The zero-order valence-corrected chi connectivity index (χ0v) is 17.4. The molecule has 0 radical (unpaired) electrons. The number of rotatable bonds is 3. The highest BCUT2D eigenvalue weighted by Crippen LogP contribution is 2.42. The van der Waals surface area contributed by atoms with Crippen LogP contribution in [0.4, 0.5) is 17.1 Å². The Bertz CT molecular complexity index is 1500. The number of hydrogen-bond acceptors (Lipinski definition) is 2. The van der Waals surface area contributed by atoms with Crippen molar-refractivity contribution in [2.75, 3.05) is 4.90 Å². The number of halogens is 1. The second-order valence-electron chi connectivity index (χ2n) is 7.57. The van der Waals surface area contributed by atoms with Crippen LogP contribution in [0.15, 0.2) is 114 Å². The molecule has 0 bridgehead atoms. The normalized spacial score (nSPS) is 11.4. The Kier molecular flexibility index (Phi) is 4.19. The molecule has 5 aromatic carbocycles. The summed E-state index contributed by atoms with van der Waals surface area (Å²) < 4.78 is 6.40. The average molecular weight is 420 g/mol. The van der Waals surface area contributed by atoms with Crippen molar-refractivity contribution in [2.24, 2.45) is 0 Å². The molecule has 6 rings (SSSR count). The highest BCUT2D eigenvalue weighted by Gasteiger charge is 2.17. The van der Waals surface area contributed by atoms with Crippen LogP contribution < -0.4 is 4.90 Å². The molecule has 0 atom stereocenters. The number of hydrogen-bond donors (Lipinski definition) is 0. The van der Waals surface area contributed by atoms with E-state index in [2.05, 4.69) is 83.8 Å². The van der Waals surface area contributed by atoms with Gasteiger partial charge in [-0.2, -0.15) is 0 Å². The number of fused-ring (bicyclic) bond motifs is 5. The third kappa shape index (κ3) is 2.96. The first-order valence-electron chi connectivity index (χ1n) is 10.2. The predicted molar refractivity (Wildman–Crippen MR) is 131 cm³/mol. The van der Waals surface area contributed by atoms with E-state index in [1.54, 1.807) is 0 Å². The van der Waals surface area contributed by atoms with Crippen LogP contribution in [0, 0.1) is 0 Å². The molecule has 31 heavy (non-hydrogen) atoms. The van der Waals surface area contributed by atoms with Gasteiger partial charge in [0.05, 0.1) is 5.02 Å². The Morgan fingerprint density at radius 1 is 0.581 bits per heavy atom. The van der Waals surface area contributed by atoms with Crippen LogP contribution in [0.5, 0.6) is 0 Å². The van der Waals surface area contributed by atoms with Gasteiger partial charge in [-0.15, -0.1) is 0 Å². The van der Waals surface area contributed by atoms with Crippen molar-refractivity contribution in [1.29, 1.82) is 0 Å². The number of para-hydroxylation sites is 2. The van der Waals surface area contributed by atoms with Crippen LogP contribution >= 0.6 is 11.6 Å². The van der Waals surface area contributed by atoms with Gasteiger partial charge in [0.15, 0.2) is 0 Å². The summed E-state index contributed by atoms with van der Waals surface area (Å²) in [6, 6.07) is 37.3. The van der Waals surface area contributed by atoms with Crippen molar-refractivity contribution in [3.8, 4) is 0 Å². The molecule has 0 unspecified atom stereocenters. The summed E-state index contributed by atoms with van der Waals surface area (Å²) in [5.41, 5.74) is 4.87. The molecule has 0 saturated heterocycles. The Labute approximate surface area is 184 Å². The maximum Gasteiger partial charge on any atom is 0.144 e. The summed E-state index contributed by atoms with van der Waals surface area (Å²) in [6.45, 7) is 0. The maximum absolute atomic E-state index is 6.68. The Hall–Kier alpha value is -3.75. The van der Waals surface area contributed by atoms with E-state index in [0.29, 0.717) is 5.02 Å². The van der Waals surface area contributed by atoms with Crippen molar-refractivity contribution in [3.63, 3.8) is 0 Å². The van der Waals surface area contributed by atoms with Crippen molar-refractivity contribution in [2.45, 2.75) is 0 Å². The van der Waals surface area contributed by atoms with Gasteiger partial charge in [-0.1, -0.05) is 72.3 Å². The summed E-state index contributed by atoms with van der Waals surface area (Å²) in [6.07, 6.45) is 0. The van der Waals surface area contributed by atoms with Crippen LogP contribution in [0.3, 0.4) is 0 Å². The van der Waals surface area contributed by atoms with Crippen LogP contribution in [0.1, 0.15) is 0 Å². The lowest BCUT2D eigenvalue weighted by atomic mass is 10.1. The highest BCUT2D eigenvalue weighted by molar-refractivity contribution is 6.39. The van der Waals surface area contributed by atoms with Crippen molar-refractivity contribution < 1.29 is 4.42 Å². The molecule has 0 aliphatic heterocycles. The molecule has 0 aliphatic carbocycles. The molecular weight excluding hydrogens is 402 g/mol. The number of furan rings is 1. The van der Waals surface area contributed by atoms with E-state index in [-0.39, 0.29) is 0 Å². The topological polar surface area (TPSA) is 16.4 Å². The first-order valence-corrected chi connectivity index (χ1v) is 10.6. The summed E-state index contributed by atoms with van der Waals surface area (Å²) in [4.78, 5) is 2.23. The van der Waals surface area contributed by atoms with Gasteiger partial charge in [-0.25, -0.2) is 0 Å². The smallest absolute Gasteiger partial charge is 0.144 e. The first-order chi connectivity index (χ1) is 15.3. The molecule has 0 aliphatic rings. The third-order valence-corrected chi connectivity index (χ3v) is 5.99. The van der Waals surface area contributed by atoms with Crippen LogP contribution in [0.2, 0.25) is 5.02 Å². The summed E-state index contributed by atoms with van der Waals surface area (Å²) in [5, 5.41) is 4.85. The number of nitrogens with zero attached hydrogens (tertiary/aromatic N) is 1. The summed E-state index contributed by atoms with van der Waals surface area (Å²) in [7, 11) is 0. The summed E-state index contributed by atoms with van der Waals surface area (Å²) in [5.74, 6) is 0. The second-order valence-corrected chi connectivity index (χ2v) is 7.98. The van der Waals surface area contributed by atoms with Gasteiger partial charge in [0.2, 0.25) is 0 Å². The molecule has 0 N–H and O–H groups in total. The Morgan fingerprint density at radius 2 is 1.23 bits per heavy atom. The van der Waals surface area contributed by atoms with Crippen LogP contribution in [-0.2, 0) is 0 Å². The first kappa shape index (κ1) is 18.1. The van der Waals surface area contributed by atoms with E-state index in [1.165, 1.54) is 0 Å². The molecule has 0 saturated carbocycles. The van der Waals surface area contributed by atoms with Crippen molar-refractivity contribution >= 4 is 61.4 Å². The van der Waals surface area contributed by atoms with E-state index >= 15 is 0 Å². The minimum absolute atomic E-state index is 0.711. The standard InChI is InChI=1S/C28H18ClNO/c29-25-17-19-9-7-8-14-23(19)28-27(25)24-16-15-22(18-26(24)31-28)30(20-10-3-1-4-11-20)21-12-5-2-6-13-21/h1-18H. The molecule has 6 aromatic rings. The van der Waals surface area contributed by atoms with E-state index in [4.69, 9.17) is 16.0 Å². The van der Waals surface area contributed by atoms with Gasteiger partial charge in [0, 0.05) is 39.3 Å². The van der Waals surface area contributed by atoms with E-state index in [9.17, 15) is 0 Å². The monoisotopic (exact) mass is 419 g/mol. The third-order valence-electron chi connectivity index (χ3n) is 5.69. The van der Waals surface area contributed by atoms with Gasteiger partial charge < -0.3 is 9.32 Å². The summed E-state index contributed by atoms with van der Waals surface area (Å²) >= 11 is 6.68. The zero-order valence-electron chi connectivity index (χ0n) is 16.6. The van der Waals surface area contributed by atoms with Crippen LogP contribution in [-0.4, -0.2) is 0 Å². The Balaban J connectivity index is 1.61. The SMILES string of the molecule is Clc1cc2ccccc2c2oc3cc(N(c4ccccc4)c4ccccc4)ccc3c12. The molecule has 0 fully saturated rings. The highest BCUT2D eigenvalue weighted by atomic mass is 35.5. The van der Waals surface area contributed by atoms with Gasteiger partial charge >= 0.3 is 0 Å². The fourth-order valence-corrected chi connectivity index (χ4v) is 4.60. The largest absolute Gasteiger partial charge is 0.455 e.